The van der Waals surface area contributed by atoms with Crippen molar-refractivity contribution in [3.63, 3.8) is 0 Å². The number of para-hydroxylation sites is 1. The lowest BCUT2D eigenvalue weighted by molar-refractivity contribution is -0.127. The van der Waals surface area contributed by atoms with Gasteiger partial charge >= 0.3 is 0 Å². The Bertz CT molecular complexity index is 1400. The normalized spacial score (nSPS) is 14.3. The number of carbonyl (C=O) groups excluding carboxylic acids is 3. The lowest BCUT2D eigenvalue weighted by Gasteiger charge is -2.13. The molecule has 1 aliphatic rings. The molecule has 3 aromatic rings. The van der Waals surface area contributed by atoms with Crippen LogP contribution in [0.4, 0.5) is 14.9 Å². The molecule has 1 saturated heterocycles. The van der Waals surface area contributed by atoms with Gasteiger partial charge in [-0.3, -0.25) is 19.3 Å². The van der Waals surface area contributed by atoms with Crippen LogP contribution < -0.4 is 14.8 Å². The SMILES string of the molecule is COc1ccc(/C=C2/SC(=O)N(CC(=O)Nc3ccccc3Br)C2=O)cc1OCc1c(F)cccc1Cl. The quantitative estimate of drug-likeness (QED) is 0.295. The number of halogens is 3. The van der Waals surface area contributed by atoms with Crippen LogP contribution in [0, 0.1) is 5.82 Å². The average Bonchev–Trinajstić information content (AvgIpc) is 3.12. The van der Waals surface area contributed by atoms with Crippen LogP contribution >= 0.6 is 39.3 Å². The minimum Gasteiger partial charge on any atom is -0.493 e. The maximum Gasteiger partial charge on any atom is 0.294 e. The van der Waals surface area contributed by atoms with Crippen molar-refractivity contribution in [2.24, 2.45) is 0 Å². The van der Waals surface area contributed by atoms with E-state index in [9.17, 15) is 18.8 Å². The van der Waals surface area contributed by atoms with E-state index in [1.165, 1.54) is 25.3 Å². The van der Waals surface area contributed by atoms with Crippen molar-refractivity contribution in [3.05, 3.63) is 92.0 Å². The summed E-state index contributed by atoms with van der Waals surface area (Å²) in [5.74, 6) is -0.917. The number of benzene rings is 3. The molecular weight excluding hydrogens is 587 g/mol. The number of nitrogens with zero attached hydrogens (tertiary/aromatic N) is 1. The van der Waals surface area contributed by atoms with Crippen LogP contribution in [0.2, 0.25) is 5.02 Å². The standard InChI is InChI=1S/C26H19BrClFN2O5S/c1-35-21-10-9-15(11-22(21)36-14-16-18(28)6-4-7-19(16)29)12-23-25(33)31(26(34)37-23)13-24(32)30-20-8-3-2-5-17(20)27/h2-12H,13-14H2,1H3,(H,30,32)/b23-12+. The summed E-state index contributed by atoms with van der Waals surface area (Å²) in [6.07, 6.45) is 1.51. The minimum atomic E-state index is -0.589. The monoisotopic (exact) mass is 604 g/mol. The van der Waals surface area contributed by atoms with Crippen molar-refractivity contribution in [3.8, 4) is 11.5 Å². The Hall–Kier alpha value is -3.34. The van der Waals surface area contributed by atoms with Crippen LogP contribution in [0.3, 0.4) is 0 Å². The molecule has 4 rings (SSSR count). The molecule has 1 N–H and O–H groups in total. The first kappa shape index (κ1) is 26.7. The Morgan fingerprint density at radius 2 is 1.92 bits per heavy atom. The van der Waals surface area contributed by atoms with Gasteiger partial charge in [0.2, 0.25) is 5.91 Å². The molecule has 0 unspecified atom stereocenters. The number of rotatable bonds is 8. The lowest BCUT2D eigenvalue weighted by Crippen LogP contribution is -2.36. The highest BCUT2D eigenvalue weighted by Crippen LogP contribution is 2.35. The number of hydrogen-bond donors (Lipinski definition) is 1. The van der Waals surface area contributed by atoms with E-state index >= 15 is 0 Å². The second-order valence-corrected chi connectivity index (χ2v) is 9.95. The fraction of sp³-hybridized carbons (Fsp3) is 0.115. The first-order chi connectivity index (χ1) is 17.8. The molecular formula is C26H19BrClFN2O5S. The molecule has 0 saturated carbocycles. The fourth-order valence-electron chi connectivity index (χ4n) is 3.40. The second kappa shape index (κ2) is 11.8. The predicted molar refractivity (Wildman–Crippen MR) is 144 cm³/mol. The van der Waals surface area contributed by atoms with Crippen LogP contribution in [-0.2, 0) is 16.2 Å². The number of nitrogens with one attached hydrogen (secondary N) is 1. The summed E-state index contributed by atoms with van der Waals surface area (Å²) in [5, 5.41) is 2.34. The Kier molecular flexibility index (Phi) is 8.52. The van der Waals surface area contributed by atoms with Gasteiger partial charge in [-0.1, -0.05) is 35.9 Å². The molecule has 0 spiro atoms. The average molecular weight is 606 g/mol. The van der Waals surface area contributed by atoms with E-state index in [2.05, 4.69) is 21.2 Å². The topological polar surface area (TPSA) is 84.9 Å². The third kappa shape index (κ3) is 6.33. The van der Waals surface area contributed by atoms with Gasteiger partial charge in [-0.15, -0.1) is 0 Å². The number of anilines is 1. The van der Waals surface area contributed by atoms with E-state index in [0.717, 1.165) is 16.7 Å². The summed E-state index contributed by atoms with van der Waals surface area (Å²) in [6.45, 7) is -0.571. The summed E-state index contributed by atoms with van der Waals surface area (Å²) in [7, 11) is 1.46. The zero-order chi connectivity index (χ0) is 26.5. The maximum absolute atomic E-state index is 14.1. The second-order valence-electron chi connectivity index (χ2n) is 7.70. The summed E-state index contributed by atoms with van der Waals surface area (Å²) in [6, 6.07) is 16.2. The van der Waals surface area contributed by atoms with Crippen molar-refractivity contribution in [2.45, 2.75) is 6.61 Å². The van der Waals surface area contributed by atoms with Crippen molar-refractivity contribution in [1.29, 1.82) is 0 Å². The van der Waals surface area contributed by atoms with Crippen LogP contribution in [0.25, 0.3) is 6.08 Å². The largest absolute Gasteiger partial charge is 0.493 e. The number of carbonyl (C=O) groups is 3. The number of ether oxygens (including phenoxy) is 2. The maximum atomic E-state index is 14.1. The van der Waals surface area contributed by atoms with Gasteiger partial charge in [0.05, 0.1) is 22.7 Å². The zero-order valence-electron chi connectivity index (χ0n) is 19.3. The summed E-state index contributed by atoms with van der Waals surface area (Å²) in [4.78, 5) is 38.8. The molecule has 7 nitrogen and oxygen atoms in total. The first-order valence-electron chi connectivity index (χ1n) is 10.8. The van der Waals surface area contributed by atoms with E-state index in [1.807, 2.05) is 0 Å². The Balaban J connectivity index is 1.48. The van der Waals surface area contributed by atoms with Crippen molar-refractivity contribution < 1.29 is 28.2 Å². The third-order valence-corrected chi connectivity index (χ3v) is 7.20. The smallest absolute Gasteiger partial charge is 0.294 e. The molecule has 190 valence electrons. The van der Waals surface area contributed by atoms with E-state index in [0.29, 0.717) is 27.2 Å². The van der Waals surface area contributed by atoms with Gasteiger partial charge < -0.3 is 14.8 Å². The van der Waals surface area contributed by atoms with Gasteiger partial charge in [0.15, 0.2) is 11.5 Å². The van der Waals surface area contributed by atoms with Gasteiger partial charge in [0.1, 0.15) is 19.0 Å². The molecule has 37 heavy (non-hydrogen) atoms. The van der Waals surface area contributed by atoms with Crippen molar-refractivity contribution >= 4 is 68.1 Å². The van der Waals surface area contributed by atoms with Crippen molar-refractivity contribution in [1.82, 2.24) is 4.90 Å². The zero-order valence-corrected chi connectivity index (χ0v) is 22.5. The van der Waals surface area contributed by atoms with Crippen LogP contribution in [-0.4, -0.2) is 35.6 Å². The molecule has 0 bridgehead atoms. The van der Waals surface area contributed by atoms with Gasteiger partial charge in [0.25, 0.3) is 11.1 Å². The fourth-order valence-corrected chi connectivity index (χ4v) is 4.84. The van der Waals surface area contributed by atoms with E-state index < -0.39 is 29.4 Å². The number of imide groups is 1. The number of hydrogen-bond acceptors (Lipinski definition) is 6. The summed E-state index contributed by atoms with van der Waals surface area (Å²) >= 11 is 10.1. The highest BCUT2D eigenvalue weighted by Gasteiger charge is 2.36. The molecule has 11 heteroatoms. The minimum absolute atomic E-state index is 0.144. The third-order valence-electron chi connectivity index (χ3n) is 5.24. The van der Waals surface area contributed by atoms with Crippen molar-refractivity contribution in [2.75, 3.05) is 19.0 Å². The highest BCUT2D eigenvalue weighted by atomic mass is 79.9. The molecule has 0 aromatic heterocycles. The number of methoxy groups -OCH3 is 1. The van der Waals surface area contributed by atoms with Crippen LogP contribution in [0.15, 0.2) is 70.0 Å². The molecule has 1 heterocycles. The van der Waals surface area contributed by atoms with E-state index in [1.54, 1.807) is 48.5 Å². The molecule has 1 aliphatic heterocycles. The van der Waals surface area contributed by atoms with Crippen LogP contribution in [0.1, 0.15) is 11.1 Å². The Morgan fingerprint density at radius 1 is 1.14 bits per heavy atom. The first-order valence-corrected chi connectivity index (χ1v) is 12.8. The molecule has 0 atom stereocenters. The summed E-state index contributed by atoms with van der Waals surface area (Å²) < 4.78 is 25.9. The van der Waals surface area contributed by atoms with Crippen LogP contribution in [0.5, 0.6) is 11.5 Å². The Labute approximate surface area is 229 Å². The molecule has 3 amide bonds. The van der Waals surface area contributed by atoms with Gasteiger partial charge in [-0.2, -0.15) is 0 Å². The lowest BCUT2D eigenvalue weighted by atomic mass is 10.1. The molecule has 0 radical (unpaired) electrons. The molecule has 3 aromatic carbocycles. The van der Waals surface area contributed by atoms with E-state index in [4.69, 9.17) is 21.1 Å². The molecule has 1 fully saturated rings. The van der Waals surface area contributed by atoms with Gasteiger partial charge in [-0.25, -0.2) is 4.39 Å². The highest BCUT2D eigenvalue weighted by molar-refractivity contribution is 9.10. The summed E-state index contributed by atoms with van der Waals surface area (Å²) in [5.41, 5.74) is 1.26. The predicted octanol–water partition coefficient (Wildman–Crippen LogP) is 6.50. The number of thioether (sulfide) groups is 1. The van der Waals surface area contributed by atoms with E-state index in [-0.39, 0.29) is 22.1 Å². The van der Waals surface area contributed by atoms with Gasteiger partial charge in [-0.05, 0) is 75.7 Å². The number of amides is 3. The Morgan fingerprint density at radius 3 is 2.65 bits per heavy atom. The molecule has 0 aliphatic carbocycles. The van der Waals surface area contributed by atoms with Gasteiger partial charge in [0, 0.05) is 10.0 Å².